The van der Waals surface area contributed by atoms with Crippen molar-refractivity contribution in [1.82, 2.24) is 10.2 Å². The van der Waals surface area contributed by atoms with E-state index < -0.39 is 0 Å². The molecule has 2 rings (SSSR count). The number of carbonyl (C=O) groups is 1. The lowest BCUT2D eigenvalue weighted by Gasteiger charge is -2.36. The number of benzene rings is 1. The van der Waals surface area contributed by atoms with Crippen LogP contribution < -0.4 is 10.2 Å². The highest BCUT2D eigenvalue weighted by Gasteiger charge is 2.20. The number of urea groups is 1. The number of hydrogen-bond acceptors (Lipinski definition) is 2. The first kappa shape index (κ1) is 13.4. The van der Waals surface area contributed by atoms with Gasteiger partial charge in [-0.1, -0.05) is 6.08 Å². The van der Waals surface area contributed by atoms with E-state index in [1.54, 1.807) is 23.1 Å². The van der Waals surface area contributed by atoms with E-state index in [4.69, 9.17) is 0 Å². The van der Waals surface area contributed by atoms with Crippen molar-refractivity contribution in [3.8, 4) is 0 Å². The van der Waals surface area contributed by atoms with E-state index in [1.165, 1.54) is 12.1 Å². The van der Waals surface area contributed by atoms with Crippen LogP contribution in [0.25, 0.3) is 0 Å². The molecule has 0 aromatic heterocycles. The summed E-state index contributed by atoms with van der Waals surface area (Å²) in [5.41, 5.74) is 0.993. The molecule has 1 aliphatic rings. The molecule has 4 nitrogen and oxygen atoms in total. The van der Waals surface area contributed by atoms with Crippen molar-refractivity contribution in [3.05, 3.63) is 42.7 Å². The van der Waals surface area contributed by atoms with Gasteiger partial charge in [-0.05, 0) is 24.3 Å². The predicted octanol–water partition coefficient (Wildman–Crippen LogP) is 1.84. The summed E-state index contributed by atoms with van der Waals surface area (Å²) in [5.74, 6) is -0.230. The molecular formula is C14H18FN3O. The SMILES string of the molecule is C=CCNC(=O)N1CCN(c2ccc(F)cc2)CC1. The monoisotopic (exact) mass is 263 g/mol. The van der Waals surface area contributed by atoms with E-state index >= 15 is 0 Å². The zero-order valence-electron chi connectivity index (χ0n) is 10.8. The highest BCUT2D eigenvalue weighted by molar-refractivity contribution is 5.74. The van der Waals surface area contributed by atoms with Gasteiger partial charge in [-0.2, -0.15) is 0 Å². The minimum Gasteiger partial charge on any atom is -0.368 e. The van der Waals surface area contributed by atoms with E-state index in [9.17, 15) is 9.18 Å². The number of anilines is 1. The molecule has 0 atom stereocenters. The summed E-state index contributed by atoms with van der Waals surface area (Å²) in [4.78, 5) is 15.7. The lowest BCUT2D eigenvalue weighted by atomic mass is 10.2. The molecule has 1 fully saturated rings. The Morgan fingerprint density at radius 1 is 1.26 bits per heavy atom. The molecule has 1 saturated heterocycles. The van der Waals surface area contributed by atoms with Crippen molar-refractivity contribution in [2.24, 2.45) is 0 Å². The van der Waals surface area contributed by atoms with Gasteiger partial charge in [-0.25, -0.2) is 9.18 Å². The van der Waals surface area contributed by atoms with Crippen molar-refractivity contribution in [2.45, 2.75) is 0 Å². The number of nitrogens with one attached hydrogen (secondary N) is 1. The first-order valence-corrected chi connectivity index (χ1v) is 6.35. The smallest absolute Gasteiger partial charge is 0.317 e. The van der Waals surface area contributed by atoms with E-state index in [2.05, 4.69) is 16.8 Å². The predicted molar refractivity (Wildman–Crippen MR) is 73.8 cm³/mol. The molecule has 0 bridgehead atoms. The minimum absolute atomic E-state index is 0.0568. The summed E-state index contributed by atoms with van der Waals surface area (Å²) < 4.78 is 12.9. The van der Waals surface area contributed by atoms with E-state index in [0.717, 1.165) is 18.8 Å². The molecule has 1 aromatic rings. The fourth-order valence-electron chi connectivity index (χ4n) is 2.09. The number of hydrogen-bond donors (Lipinski definition) is 1. The van der Waals surface area contributed by atoms with Gasteiger partial charge < -0.3 is 15.1 Å². The highest BCUT2D eigenvalue weighted by atomic mass is 19.1. The molecule has 0 saturated carbocycles. The van der Waals surface area contributed by atoms with Crippen molar-refractivity contribution < 1.29 is 9.18 Å². The maximum atomic E-state index is 12.9. The lowest BCUT2D eigenvalue weighted by Crippen LogP contribution is -2.51. The van der Waals surface area contributed by atoms with Gasteiger partial charge in [0, 0.05) is 38.4 Å². The van der Waals surface area contributed by atoms with Gasteiger partial charge in [0.15, 0.2) is 0 Å². The fourth-order valence-corrected chi connectivity index (χ4v) is 2.09. The maximum absolute atomic E-state index is 12.9. The van der Waals surface area contributed by atoms with Crippen LogP contribution in [0.1, 0.15) is 0 Å². The third-order valence-corrected chi connectivity index (χ3v) is 3.16. The molecule has 0 unspecified atom stereocenters. The number of nitrogens with zero attached hydrogens (tertiary/aromatic N) is 2. The van der Waals surface area contributed by atoms with Crippen molar-refractivity contribution in [2.75, 3.05) is 37.6 Å². The van der Waals surface area contributed by atoms with Gasteiger partial charge in [0.1, 0.15) is 5.82 Å². The molecule has 0 aliphatic carbocycles. The van der Waals surface area contributed by atoms with Crippen molar-refractivity contribution >= 4 is 11.7 Å². The van der Waals surface area contributed by atoms with Crippen LogP contribution >= 0.6 is 0 Å². The molecule has 2 amide bonds. The molecule has 1 aliphatic heterocycles. The first-order valence-electron chi connectivity index (χ1n) is 6.35. The maximum Gasteiger partial charge on any atom is 0.317 e. The third kappa shape index (κ3) is 3.47. The average Bonchev–Trinajstić information content (AvgIpc) is 2.46. The summed E-state index contributed by atoms with van der Waals surface area (Å²) in [7, 11) is 0. The standard InChI is InChI=1S/C14H18FN3O/c1-2-7-16-14(19)18-10-8-17(9-11-18)13-5-3-12(15)4-6-13/h2-6H,1,7-11H2,(H,16,19). The zero-order valence-corrected chi connectivity index (χ0v) is 10.8. The van der Waals surface area contributed by atoms with Crippen molar-refractivity contribution in [3.63, 3.8) is 0 Å². The summed E-state index contributed by atoms with van der Waals surface area (Å²) in [5, 5.41) is 2.76. The van der Waals surface area contributed by atoms with Crippen LogP contribution in [0, 0.1) is 5.82 Å². The molecule has 1 aromatic carbocycles. The number of halogens is 1. The molecule has 102 valence electrons. The Morgan fingerprint density at radius 3 is 2.47 bits per heavy atom. The summed E-state index contributed by atoms with van der Waals surface area (Å²) >= 11 is 0. The highest BCUT2D eigenvalue weighted by Crippen LogP contribution is 2.16. The summed E-state index contributed by atoms with van der Waals surface area (Å²) in [6.07, 6.45) is 1.66. The Morgan fingerprint density at radius 2 is 1.89 bits per heavy atom. The summed E-state index contributed by atoms with van der Waals surface area (Å²) in [6, 6.07) is 6.39. The van der Waals surface area contributed by atoms with Crippen LogP contribution in [0.4, 0.5) is 14.9 Å². The second-order valence-electron chi connectivity index (χ2n) is 4.43. The Hall–Kier alpha value is -2.04. The Labute approximate surface area is 112 Å². The van der Waals surface area contributed by atoms with Gasteiger partial charge in [0.2, 0.25) is 0 Å². The van der Waals surface area contributed by atoms with Crippen LogP contribution in [0.3, 0.4) is 0 Å². The number of amides is 2. The van der Waals surface area contributed by atoms with E-state index in [1.807, 2.05) is 0 Å². The van der Waals surface area contributed by atoms with Crippen LogP contribution in [-0.2, 0) is 0 Å². The van der Waals surface area contributed by atoms with Crippen molar-refractivity contribution in [1.29, 1.82) is 0 Å². The molecule has 0 spiro atoms. The van der Waals surface area contributed by atoms with Gasteiger partial charge in [0.05, 0.1) is 0 Å². The lowest BCUT2D eigenvalue weighted by molar-refractivity contribution is 0.195. The molecule has 1 N–H and O–H groups in total. The summed E-state index contributed by atoms with van der Waals surface area (Å²) in [6.45, 7) is 6.90. The molecule has 0 radical (unpaired) electrons. The van der Waals surface area contributed by atoms with Crippen LogP contribution in [0.2, 0.25) is 0 Å². The largest absolute Gasteiger partial charge is 0.368 e. The van der Waals surface area contributed by atoms with Crippen LogP contribution in [0.15, 0.2) is 36.9 Å². The topological polar surface area (TPSA) is 35.6 Å². The number of carbonyl (C=O) groups excluding carboxylic acids is 1. The normalized spacial score (nSPS) is 15.2. The van der Waals surface area contributed by atoms with Crippen LogP contribution in [-0.4, -0.2) is 43.7 Å². The molecule has 5 heteroatoms. The van der Waals surface area contributed by atoms with Gasteiger partial charge in [-0.15, -0.1) is 6.58 Å². The second-order valence-corrected chi connectivity index (χ2v) is 4.43. The Bertz CT molecular complexity index is 439. The quantitative estimate of drug-likeness (QED) is 0.845. The van der Waals surface area contributed by atoms with E-state index in [0.29, 0.717) is 19.6 Å². The zero-order chi connectivity index (χ0) is 13.7. The Balaban J connectivity index is 1.86. The second kappa shape index (κ2) is 6.22. The Kier molecular flexibility index (Phi) is 4.39. The van der Waals surface area contributed by atoms with Gasteiger partial charge in [-0.3, -0.25) is 0 Å². The number of piperazine rings is 1. The minimum atomic E-state index is -0.230. The molecular weight excluding hydrogens is 245 g/mol. The third-order valence-electron chi connectivity index (χ3n) is 3.16. The first-order chi connectivity index (χ1) is 9.20. The number of rotatable bonds is 3. The van der Waals surface area contributed by atoms with Gasteiger partial charge in [0.25, 0.3) is 0 Å². The average molecular weight is 263 g/mol. The van der Waals surface area contributed by atoms with Crippen LogP contribution in [0.5, 0.6) is 0 Å². The van der Waals surface area contributed by atoms with E-state index in [-0.39, 0.29) is 11.8 Å². The molecule has 1 heterocycles. The molecule has 19 heavy (non-hydrogen) atoms. The van der Waals surface area contributed by atoms with Gasteiger partial charge >= 0.3 is 6.03 Å². The fraction of sp³-hybridized carbons (Fsp3) is 0.357.